The van der Waals surface area contributed by atoms with Crippen molar-refractivity contribution >= 4 is 15.9 Å². The maximum absolute atomic E-state index is 13.2. The predicted octanol–water partition coefficient (Wildman–Crippen LogP) is 3.77. The second-order valence-corrected chi connectivity index (χ2v) is 9.49. The van der Waals surface area contributed by atoms with Crippen LogP contribution in [0.5, 0.6) is 17.2 Å². The summed E-state index contributed by atoms with van der Waals surface area (Å²) in [7, 11) is -2.44. The number of likely N-dealkylation sites (tertiary alicyclic amines) is 1. The average Bonchev–Trinajstić information content (AvgIpc) is 3.34. The largest absolute Gasteiger partial charge is 0.496 e. The Kier molecular flexibility index (Phi) is 8.20. The van der Waals surface area contributed by atoms with Gasteiger partial charge < -0.3 is 19.1 Å². The lowest BCUT2D eigenvalue weighted by molar-refractivity contribution is 0.0789. The second kappa shape index (κ2) is 10.9. The number of nitrogens with zero attached hydrogens (tertiary/aromatic N) is 1. The molecule has 0 saturated carbocycles. The summed E-state index contributed by atoms with van der Waals surface area (Å²) >= 11 is 0. The Bertz CT molecular complexity index is 1080. The average molecular weight is 477 g/mol. The van der Waals surface area contributed by atoms with E-state index in [-0.39, 0.29) is 16.4 Å². The molecule has 1 amide bonds. The molecular weight excluding hydrogens is 444 g/mol. The third-order valence-corrected chi connectivity index (χ3v) is 7.04. The summed E-state index contributed by atoms with van der Waals surface area (Å²) in [5.74, 6) is 1.30. The van der Waals surface area contributed by atoms with E-state index in [0.717, 1.165) is 18.4 Å². The van der Waals surface area contributed by atoms with Crippen molar-refractivity contribution in [3.8, 4) is 17.2 Å². The van der Waals surface area contributed by atoms with Crippen LogP contribution in [0, 0.1) is 0 Å². The van der Waals surface area contributed by atoms with E-state index in [0.29, 0.717) is 43.6 Å². The summed E-state index contributed by atoms with van der Waals surface area (Å²) in [6.07, 6.45) is 1.88. The summed E-state index contributed by atoms with van der Waals surface area (Å²) in [4.78, 5) is 14.7. The SMILES string of the molecule is CCOc1ccc([C@H](C)NS(=O)(=O)c2ccc(OC)c(C(=O)N3CCCC3)c2)cc1OCC. The van der Waals surface area contributed by atoms with Crippen molar-refractivity contribution in [1.82, 2.24) is 9.62 Å². The third kappa shape index (κ3) is 5.78. The van der Waals surface area contributed by atoms with Crippen LogP contribution in [0.4, 0.5) is 0 Å². The number of carbonyl (C=O) groups is 1. The topological polar surface area (TPSA) is 94.2 Å². The summed E-state index contributed by atoms with van der Waals surface area (Å²) in [6.45, 7) is 7.79. The molecule has 0 radical (unpaired) electrons. The van der Waals surface area contributed by atoms with E-state index in [2.05, 4.69) is 4.72 Å². The maximum Gasteiger partial charge on any atom is 0.257 e. The number of nitrogens with one attached hydrogen (secondary N) is 1. The van der Waals surface area contributed by atoms with Crippen LogP contribution in [0.15, 0.2) is 41.3 Å². The molecule has 0 spiro atoms. The van der Waals surface area contributed by atoms with Gasteiger partial charge in [0.15, 0.2) is 11.5 Å². The van der Waals surface area contributed by atoms with Gasteiger partial charge in [-0.1, -0.05) is 6.07 Å². The van der Waals surface area contributed by atoms with E-state index in [1.54, 1.807) is 30.0 Å². The molecule has 33 heavy (non-hydrogen) atoms. The summed E-state index contributed by atoms with van der Waals surface area (Å²) < 4.78 is 45.6. The molecule has 1 N–H and O–H groups in total. The van der Waals surface area contributed by atoms with Crippen molar-refractivity contribution in [2.24, 2.45) is 0 Å². The molecule has 1 saturated heterocycles. The quantitative estimate of drug-likeness (QED) is 0.561. The fraction of sp³-hybridized carbons (Fsp3) is 0.458. The minimum absolute atomic E-state index is 0.00802. The van der Waals surface area contributed by atoms with Gasteiger partial charge in [-0.25, -0.2) is 13.1 Å². The molecule has 1 aliphatic heterocycles. The molecule has 8 nitrogen and oxygen atoms in total. The fourth-order valence-electron chi connectivity index (χ4n) is 3.82. The molecule has 9 heteroatoms. The van der Waals surface area contributed by atoms with Crippen LogP contribution < -0.4 is 18.9 Å². The molecule has 0 aromatic heterocycles. The number of hydrogen-bond acceptors (Lipinski definition) is 6. The number of amides is 1. The van der Waals surface area contributed by atoms with Gasteiger partial charge in [0.25, 0.3) is 5.91 Å². The molecule has 2 aromatic carbocycles. The lowest BCUT2D eigenvalue weighted by Gasteiger charge is -2.19. The Morgan fingerprint density at radius 2 is 1.64 bits per heavy atom. The van der Waals surface area contributed by atoms with Crippen molar-refractivity contribution < 1.29 is 27.4 Å². The number of hydrogen-bond donors (Lipinski definition) is 1. The second-order valence-electron chi connectivity index (χ2n) is 7.78. The Labute approximate surface area is 195 Å². The van der Waals surface area contributed by atoms with Crippen LogP contribution in [0.2, 0.25) is 0 Å². The zero-order valence-electron chi connectivity index (χ0n) is 19.6. The molecular formula is C24H32N2O6S. The van der Waals surface area contributed by atoms with Gasteiger partial charge in [0.2, 0.25) is 10.0 Å². The Balaban J connectivity index is 1.86. The number of carbonyl (C=O) groups excluding carboxylic acids is 1. The van der Waals surface area contributed by atoms with E-state index < -0.39 is 16.1 Å². The number of rotatable bonds is 10. The van der Waals surface area contributed by atoms with E-state index >= 15 is 0 Å². The smallest absolute Gasteiger partial charge is 0.257 e. The van der Waals surface area contributed by atoms with Crippen molar-refractivity contribution in [3.63, 3.8) is 0 Å². The van der Waals surface area contributed by atoms with E-state index in [1.807, 2.05) is 13.8 Å². The van der Waals surface area contributed by atoms with Crippen LogP contribution in [-0.4, -0.2) is 52.6 Å². The first-order chi connectivity index (χ1) is 15.8. The van der Waals surface area contributed by atoms with Crippen molar-refractivity contribution in [1.29, 1.82) is 0 Å². The van der Waals surface area contributed by atoms with Crippen molar-refractivity contribution in [2.75, 3.05) is 33.4 Å². The van der Waals surface area contributed by atoms with E-state index in [4.69, 9.17) is 14.2 Å². The summed E-state index contributed by atoms with van der Waals surface area (Å²) in [5, 5.41) is 0. The van der Waals surface area contributed by atoms with E-state index in [9.17, 15) is 13.2 Å². The van der Waals surface area contributed by atoms with Gasteiger partial charge in [0.1, 0.15) is 5.75 Å². The van der Waals surface area contributed by atoms with Gasteiger partial charge in [-0.2, -0.15) is 0 Å². The van der Waals surface area contributed by atoms with Gasteiger partial charge in [0.05, 0.1) is 30.8 Å². The molecule has 2 aromatic rings. The van der Waals surface area contributed by atoms with Crippen molar-refractivity contribution in [2.45, 2.75) is 44.6 Å². The first-order valence-electron chi connectivity index (χ1n) is 11.2. The lowest BCUT2D eigenvalue weighted by Crippen LogP contribution is -2.29. The Hall–Kier alpha value is -2.78. The molecule has 1 aliphatic rings. The van der Waals surface area contributed by atoms with Gasteiger partial charge in [-0.05, 0) is 69.5 Å². The van der Waals surface area contributed by atoms with E-state index in [1.165, 1.54) is 25.3 Å². The molecule has 0 unspecified atom stereocenters. The minimum atomic E-state index is -3.91. The van der Waals surface area contributed by atoms with Gasteiger partial charge >= 0.3 is 0 Å². The van der Waals surface area contributed by atoms with Crippen LogP contribution in [-0.2, 0) is 10.0 Å². The van der Waals surface area contributed by atoms with Crippen LogP contribution in [0.1, 0.15) is 55.6 Å². The fourth-order valence-corrected chi connectivity index (χ4v) is 5.08. The molecule has 0 aliphatic carbocycles. The highest BCUT2D eigenvalue weighted by atomic mass is 32.2. The monoisotopic (exact) mass is 476 g/mol. The summed E-state index contributed by atoms with van der Waals surface area (Å²) in [6, 6.07) is 9.16. The normalized spacial score (nSPS) is 14.7. The number of ether oxygens (including phenoxy) is 3. The van der Waals surface area contributed by atoms with Crippen molar-refractivity contribution in [3.05, 3.63) is 47.5 Å². The molecule has 1 heterocycles. The molecule has 180 valence electrons. The highest BCUT2D eigenvalue weighted by molar-refractivity contribution is 7.89. The highest BCUT2D eigenvalue weighted by Crippen LogP contribution is 2.32. The molecule has 3 rings (SSSR count). The highest BCUT2D eigenvalue weighted by Gasteiger charge is 2.26. The third-order valence-electron chi connectivity index (χ3n) is 5.50. The van der Waals surface area contributed by atoms with Gasteiger partial charge in [-0.3, -0.25) is 4.79 Å². The van der Waals surface area contributed by atoms with Crippen LogP contribution in [0.25, 0.3) is 0 Å². The maximum atomic E-state index is 13.2. The number of sulfonamides is 1. The van der Waals surface area contributed by atoms with Crippen LogP contribution in [0.3, 0.4) is 0 Å². The van der Waals surface area contributed by atoms with Gasteiger partial charge in [-0.15, -0.1) is 0 Å². The Morgan fingerprint density at radius 1 is 1.00 bits per heavy atom. The van der Waals surface area contributed by atoms with Crippen LogP contribution >= 0.6 is 0 Å². The number of benzene rings is 2. The molecule has 0 bridgehead atoms. The molecule has 1 fully saturated rings. The first kappa shape index (κ1) is 24.9. The zero-order valence-corrected chi connectivity index (χ0v) is 20.4. The predicted molar refractivity (Wildman–Crippen MR) is 126 cm³/mol. The molecule has 1 atom stereocenters. The lowest BCUT2D eigenvalue weighted by atomic mass is 10.1. The standard InChI is InChI=1S/C24H32N2O6S/c1-5-31-22-11-9-18(15-23(22)32-6-2)17(3)25-33(28,29)19-10-12-21(30-4)20(16-19)24(27)26-13-7-8-14-26/h9-12,15-17,25H,5-8,13-14H2,1-4H3/t17-/m0/s1. The Morgan fingerprint density at radius 3 is 2.27 bits per heavy atom. The summed E-state index contributed by atoms with van der Waals surface area (Å²) in [5.41, 5.74) is 0.974. The number of methoxy groups -OCH3 is 1. The minimum Gasteiger partial charge on any atom is -0.496 e. The zero-order chi connectivity index (χ0) is 24.0. The van der Waals surface area contributed by atoms with Gasteiger partial charge in [0, 0.05) is 19.1 Å². The first-order valence-corrected chi connectivity index (χ1v) is 12.7.